The van der Waals surface area contributed by atoms with Crippen molar-refractivity contribution in [3.05, 3.63) is 23.7 Å². The fourth-order valence-corrected chi connectivity index (χ4v) is 1.75. The molecule has 2 aromatic heterocycles. The van der Waals surface area contributed by atoms with Crippen molar-refractivity contribution in [2.45, 2.75) is 19.4 Å². The van der Waals surface area contributed by atoms with E-state index >= 15 is 0 Å². The van der Waals surface area contributed by atoms with Gasteiger partial charge in [0.2, 0.25) is 0 Å². The van der Waals surface area contributed by atoms with E-state index in [-0.39, 0.29) is 6.42 Å². The molecule has 5 nitrogen and oxygen atoms in total. The number of carboxylic acids is 1. The van der Waals surface area contributed by atoms with Crippen LogP contribution in [-0.2, 0) is 11.3 Å². The average Bonchev–Trinajstić information content (AvgIpc) is 2.63. The second-order valence-electron chi connectivity index (χ2n) is 3.41. The maximum absolute atomic E-state index is 10.4. The van der Waals surface area contributed by atoms with E-state index in [0.717, 1.165) is 11.0 Å². The monoisotopic (exact) mass is 239 g/mol. The molecule has 0 aliphatic rings. The summed E-state index contributed by atoms with van der Waals surface area (Å²) >= 11 is 5.90. The molecule has 0 amide bonds. The fraction of sp³-hybridized carbons (Fsp3) is 0.300. The first-order chi connectivity index (χ1) is 7.68. The molecule has 1 N–H and O–H groups in total. The maximum Gasteiger partial charge on any atom is 0.303 e. The van der Waals surface area contributed by atoms with Gasteiger partial charge in [-0.05, 0) is 12.5 Å². The summed E-state index contributed by atoms with van der Waals surface area (Å²) in [7, 11) is 0. The van der Waals surface area contributed by atoms with Crippen LogP contribution in [0.4, 0.5) is 0 Å². The summed E-state index contributed by atoms with van der Waals surface area (Å²) < 4.78 is 1.88. The maximum atomic E-state index is 10.4. The normalized spacial score (nSPS) is 10.8. The zero-order valence-corrected chi connectivity index (χ0v) is 9.18. The van der Waals surface area contributed by atoms with Crippen LogP contribution in [0.15, 0.2) is 18.6 Å². The molecule has 2 aromatic rings. The van der Waals surface area contributed by atoms with Crippen molar-refractivity contribution < 1.29 is 9.90 Å². The molecular weight excluding hydrogens is 230 g/mol. The van der Waals surface area contributed by atoms with Gasteiger partial charge >= 0.3 is 5.97 Å². The first-order valence-corrected chi connectivity index (χ1v) is 5.23. The van der Waals surface area contributed by atoms with Gasteiger partial charge in [-0.2, -0.15) is 0 Å². The van der Waals surface area contributed by atoms with Gasteiger partial charge in [0.1, 0.15) is 17.1 Å². The molecule has 0 atom stereocenters. The van der Waals surface area contributed by atoms with Crippen LogP contribution in [0.25, 0.3) is 11.0 Å². The Balaban J connectivity index is 2.19. The summed E-state index contributed by atoms with van der Waals surface area (Å²) in [6.45, 7) is 0.614. The number of hydrogen-bond acceptors (Lipinski definition) is 3. The van der Waals surface area contributed by atoms with Crippen LogP contribution >= 0.6 is 11.6 Å². The highest BCUT2D eigenvalue weighted by atomic mass is 35.5. The Bertz CT molecular complexity index is 524. The SMILES string of the molecule is O=C(O)CCCn1ccc2c(Cl)ncnc21. The Kier molecular flexibility index (Phi) is 3.05. The number of aromatic nitrogens is 3. The Hall–Kier alpha value is -1.62. The lowest BCUT2D eigenvalue weighted by molar-refractivity contribution is -0.137. The van der Waals surface area contributed by atoms with E-state index in [2.05, 4.69) is 9.97 Å². The Morgan fingerprint density at radius 1 is 1.50 bits per heavy atom. The minimum absolute atomic E-state index is 0.151. The molecule has 0 saturated carbocycles. The Labute approximate surface area is 96.7 Å². The van der Waals surface area contributed by atoms with E-state index in [1.165, 1.54) is 6.33 Å². The van der Waals surface area contributed by atoms with Crippen molar-refractivity contribution in [3.63, 3.8) is 0 Å². The third kappa shape index (κ3) is 2.14. The van der Waals surface area contributed by atoms with Gasteiger partial charge < -0.3 is 9.67 Å². The Morgan fingerprint density at radius 2 is 2.31 bits per heavy atom. The zero-order valence-electron chi connectivity index (χ0n) is 8.43. The van der Waals surface area contributed by atoms with Crippen LogP contribution < -0.4 is 0 Å². The number of rotatable bonds is 4. The molecule has 2 rings (SSSR count). The molecule has 0 bridgehead atoms. The van der Waals surface area contributed by atoms with Crippen LogP contribution in [0.5, 0.6) is 0 Å². The van der Waals surface area contributed by atoms with Gasteiger partial charge in [0.15, 0.2) is 0 Å². The van der Waals surface area contributed by atoms with Gasteiger partial charge in [0.05, 0.1) is 5.39 Å². The topological polar surface area (TPSA) is 68.0 Å². The highest BCUT2D eigenvalue weighted by Gasteiger charge is 2.06. The van der Waals surface area contributed by atoms with Crippen LogP contribution in [0.1, 0.15) is 12.8 Å². The number of aliphatic carboxylic acids is 1. The minimum atomic E-state index is -0.788. The average molecular weight is 240 g/mol. The molecule has 0 unspecified atom stereocenters. The van der Waals surface area contributed by atoms with E-state index in [4.69, 9.17) is 16.7 Å². The van der Waals surface area contributed by atoms with Crippen molar-refractivity contribution >= 4 is 28.6 Å². The zero-order chi connectivity index (χ0) is 11.5. The van der Waals surface area contributed by atoms with E-state index in [9.17, 15) is 4.79 Å². The number of hydrogen-bond donors (Lipinski definition) is 1. The first-order valence-electron chi connectivity index (χ1n) is 4.85. The van der Waals surface area contributed by atoms with Crippen molar-refractivity contribution in [1.82, 2.24) is 14.5 Å². The number of fused-ring (bicyclic) bond motifs is 1. The summed E-state index contributed by atoms with van der Waals surface area (Å²) in [5, 5.41) is 9.75. The van der Waals surface area contributed by atoms with Crippen molar-refractivity contribution in [1.29, 1.82) is 0 Å². The molecule has 0 radical (unpaired) electrons. The summed E-state index contributed by atoms with van der Waals surface area (Å²) in [5.74, 6) is -0.788. The molecule has 0 fully saturated rings. The van der Waals surface area contributed by atoms with Crippen LogP contribution in [0.3, 0.4) is 0 Å². The molecule has 16 heavy (non-hydrogen) atoms. The smallest absolute Gasteiger partial charge is 0.303 e. The van der Waals surface area contributed by atoms with Crippen LogP contribution in [0.2, 0.25) is 5.15 Å². The summed E-state index contributed by atoms with van der Waals surface area (Å²) in [6, 6.07) is 1.83. The van der Waals surface area contributed by atoms with Crippen molar-refractivity contribution in [3.8, 4) is 0 Å². The minimum Gasteiger partial charge on any atom is -0.481 e. The number of halogens is 1. The highest BCUT2D eigenvalue weighted by Crippen LogP contribution is 2.20. The van der Waals surface area contributed by atoms with Gasteiger partial charge in [0, 0.05) is 19.2 Å². The second-order valence-corrected chi connectivity index (χ2v) is 3.77. The second kappa shape index (κ2) is 4.49. The molecule has 6 heteroatoms. The molecule has 84 valence electrons. The summed E-state index contributed by atoms with van der Waals surface area (Å²) in [6.07, 6.45) is 3.96. The van der Waals surface area contributed by atoms with E-state index < -0.39 is 5.97 Å². The van der Waals surface area contributed by atoms with Crippen molar-refractivity contribution in [2.24, 2.45) is 0 Å². The largest absolute Gasteiger partial charge is 0.481 e. The third-order valence-corrected chi connectivity index (χ3v) is 2.60. The highest BCUT2D eigenvalue weighted by molar-refractivity contribution is 6.33. The standard InChI is InChI=1S/C10H10ClN3O2/c11-9-7-3-5-14(4-1-2-8(15)16)10(7)13-6-12-9/h3,5-6H,1-2,4H2,(H,15,16). The molecule has 0 saturated heterocycles. The van der Waals surface area contributed by atoms with E-state index in [1.54, 1.807) is 0 Å². The van der Waals surface area contributed by atoms with Crippen LogP contribution in [0, 0.1) is 0 Å². The predicted octanol–water partition coefficient (Wildman–Crippen LogP) is 1.95. The molecular formula is C10H10ClN3O2. The van der Waals surface area contributed by atoms with Gasteiger partial charge in [-0.25, -0.2) is 9.97 Å². The van der Waals surface area contributed by atoms with E-state index in [0.29, 0.717) is 18.1 Å². The molecule has 2 heterocycles. The van der Waals surface area contributed by atoms with Gasteiger partial charge in [-0.1, -0.05) is 11.6 Å². The number of nitrogens with zero attached hydrogens (tertiary/aromatic N) is 3. The summed E-state index contributed by atoms with van der Waals surface area (Å²) in [4.78, 5) is 18.4. The lowest BCUT2D eigenvalue weighted by Crippen LogP contribution is -2.01. The van der Waals surface area contributed by atoms with Crippen molar-refractivity contribution in [2.75, 3.05) is 0 Å². The van der Waals surface area contributed by atoms with E-state index in [1.807, 2.05) is 16.8 Å². The quantitative estimate of drug-likeness (QED) is 0.828. The van der Waals surface area contributed by atoms with Gasteiger partial charge in [-0.3, -0.25) is 4.79 Å². The number of carboxylic acid groups (broad SMARTS) is 1. The first kappa shape index (κ1) is 10.9. The molecule has 0 aliphatic carbocycles. The predicted molar refractivity (Wildman–Crippen MR) is 59.4 cm³/mol. The molecule has 0 aliphatic heterocycles. The third-order valence-electron chi connectivity index (χ3n) is 2.30. The Morgan fingerprint density at radius 3 is 3.06 bits per heavy atom. The number of aryl methyl sites for hydroxylation is 1. The molecule has 0 aromatic carbocycles. The van der Waals surface area contributed by atoms with Crippen LogP contribution in [-0.4, -0.2) is 25.6 Å². The summed E-state index contributed by atoms with van der Waals surface area (Å²) in [5.41, 5.74) is 0.741. The lowest BCUT2D eigenvalue weighted by Gasteiger charge is -2.02. The van der Waals surface area contributed by atoms with Gasteiger partial charge in [-0.15, -0.1) is 0 Å². The van der Waals surface area contributed by atoms with Gasteiger partial charge in [0.25, 0.3) is 0 Å². The number of carbonyl (C=O) groups is 1. The fourth-order valence-electron chi connectivity index (χ4n) is 1.55. The lowest BCUT2D eigenvalue weighted by atomic mass is 10.3. The molecule has 0 spiro atoms.